The highest BCUT2D eigenvalue weighted by atomic mass is 32.1. The van der Waals surface area contributed by atoms with E-state index in [9.17, 15) is 4.79 Å². The fourth-order valence-corrected chi connectivity index (χ4v) is 2.71. The normalized spacial score (nSPS) is 10.8. The van der Waals surface area contributed by atoms with Gasteiger partial charge in [0.15, 0.2) is 0 Å². The molecule has 0 bridgehead atoms. The Kier molecular flexibility index (Phi) is 4.06. The molecule has 0 spiro atoms. The molecule has 0 atom stereocenters. The highest BCUT2D eigenvalue weighted by molar-refractivity contribution is 7.08. The zero-order valence-corrected chi connectivity index (χ0v) is 13.2. The Morgan fingerprint density at radius 2 is 2.32 bits per heavy atom. The second kappa shape index (κ2) is 6.15. The summed E-state index contributed by atoms with van der Waals surface area (Å²) in [6.07, 6.45) is 1.91. The van der Waals surface area contributed by atoms with E-state index in [2.05, 4.69) is 15.4 Å². The van der Waals surface area contributed by atoms with Crippen LogP contribution in [0.2, 0.25) is 0 Å². The number of nitrogens with zero attached hydrogens (tertiary/aromatic N) is 3. The first-order chi connectivity index (χ1) is 10.6. The lowest BCUT2D eigenvalue weighted by atomic mass is 10.2. The third kappa shape index (κ3) is 3.09. The van der Waals surface area contributed by atoms with Crippen LogP contribution in [0.25, 0.3) is 11.5 Å². The molecule has 0 saturated carbocycles. The molecule has 0 radical (unpaired) electrons. The van der Waals surface area contributed by atoms with Crippen molar-refractivity contribution in [2.24, 2.45) is 7.05 Å². The summed E-state index contributed by atoms with van der Waals surface area (Å²) in [5.41, 5.74) is 2.56. The number of aryl methyl sites for hydroxylation is 2. The van der Waals surface area contributed by atoms with Gasteiger partial charge in [0.2, 0.25) is 11.8 Å². The number of hydrogen-bond donors (Lipinski definition) is 1. The summed E-state index contributed by atoms with van der Waals surface area (Å²) < 4.78 is 7.36. The predicted molar refractivity (Wildman–Crippen MR) is 83.3 cm³/mol. The molecule has 0 aromatic carbocycles. The lowest BCUT2D eigenvalue weighted by Gasteiger charge is -2.04. The molecule has 114 valence electrons. The second-order valence-electron chi connectivity index (χ2n) is 4.93. The van der Waals surface area contributed by atoms with Crippen LogP contribution in [0.15, 0.2) is 33.5 Å². The molecule has 0 saturated heterocycles. The lowest BCUT2D eigenvalue weighted by Crippen LogP contribution is -2.26. The standard InChI is InChI=1S/C15H16N4O2S/c1-10-13(18-15(21-10)11-4-6-22-9-11)7-14(20)16-8-12-3-5-17-19(12)2/h3-6,9H,7-8H2,1-2H3,(H,16,20). The van der Waals surface area contributed by atoms with Gasteiger partial charge in [0.1, 0.15) is 5.76 Å². The average molecular weight is 316 g/mol. The fraction of sp³-hybridized carbons (Fsp3) is 0.267. The Morgan fingerprint density at radius 1 is 1.45 bits per heavy atom. The van der Waals surface area contributed by atoms with Crippen molar-refractivity contribution in [2.75, 3.05) is 0 Å². The van der Waals surface area contributed by atoms with Gasteiger partial charge in [-0.1, -0.05) is 0 Å². The van der Waals surface area contributed by atoms with E-state index in [4.69, 9.17) is 4.42 Å². The highest BCUT2D eigenvalue weighted by Gasteiger charge is 2.15. The molecule has 22 heavy (non-hydrogen) atoms. The van der Waals surface area contributed by atoms with Gasteiger partial charge in [0.05, 0.1) is 24.4 Å². The summed E-state index contributed by atoms with van der Waals surface area (Å²) in [5.74, 6) is 1.15. The van der Waals surface area contributed by atoms with Gasteiger partial charge in [0.25, 0.3) is 0 Å². The molecule has 0 fully saturated rings. The molecular formula is C15H16N4O2S. The molecule has 0 aliphatic carbocycles. The number of hydrogen-bond acceptors (Lipinski definition) is 5. The minimum absolute atomic E-state index is 0.0885. The van der Waals surface area contributed by atoms with Gasteiger partial charge < -0.3 is 9.73 Å². The number of oxazole rings is 1. The Bertz CT molecular complexity index is 773. The van der Waals surface area contributed by atoms with Crippen molar-refractivity contribution in [3.63, 3.8) is 0 Å². The van der Waals surface area contributed by atoms with Gasteiger partial charge in [-0.15, -0.1) is 0 Å². The van der Waals surface area contributed by atoms with Crippen LogP contribution < -0.4 is 5.32 Å². The van der Waals surface area contributed by atoms with E-state index in [-0.39, 0.29) is 12.3 Å². The summed E-state index contributed by atoms with van der Waals surface area (Å²) in [7, 11) is 1.84. The van der Waals surface area contributed by atoms with Crippen molar-refractivity contribution in [3.05, 3.63) is 46.2 Å². The molecule has 3 aromatic rings. The summed E-state index contributed by atoms with van der Waals surface area (Å²) in [6, 6.07) is 3.82. The minimum atomic E-state index is -0.0885. The third-order valence-corrected chi connectivity index (χ3v) is 4.06. The third-order valence-electron chi connectivity index (χ3n) is 3.38. The zero-order valence-electron chi connectivity index (χ0n) is 12.4. The molecule has 0 aliphatic heterocycles. The highest BCUT2D eigenvalue weighted by Crippen LogP contribution is 2.23. The number of aromatic nitrogens is 3. The van der Waals surface area contributed by atoms with Crippen LogP contribution in [0.3, 0.4) is 0 Å². The van der Waals surface area contributed by atoms with E-state index in [0.29, 0.717) is 23.9 Å². The van der Waals surface area contributed by atoms with Crippen LogP contribution in [0, 0.1) is 6.92 Å². The molecule has 6 nitrogen and oxygen atoms in total. The maximum Gasteiger partial charge on any atom is 0.227 e. The minimum Gasteiger partial charge on any atom is -0.441 e. The molecular weight excluding hydrogens is 300 g/mol. The van der Waals surface area contributed by atoms with Crippen LogP contribution in [0.1, 0.15) is 17.1 Å². The number of rotatable bonds is 5. The maximum absolute atomic E-state index is 12.0. The van der Waals surface area contributed by atoms with Crippen molar-refractivity contribution < 1.29 is 9.21 Å². The predicted octanol–water partition coefficient (Wildman–Crippen LogP) is 2.30. The molecule has 3 rings (SSSR count). The first-order valence-corrected chi connectivity index (χ1v) is 7.80. The smallest absolute Gasteiger partial charge is 0.227 e. The average Bonchev–Trinajstić information content (AvgIpc) is 3.19. The zero-order chi connectivity index (χ0) is 15.5. The molecule has 3 heterocycles. The quantitative estimate of drug-likeness (QED) is 0.784. The van der Waals surface area contributed by atoms with Gasteiger partial charge in [-0.3, -0.25) is 9.48 Å². The van der Waals surface area contributed by atoms with E-state index >= 15 is 0 Å². The second-order valence-corrected chi connectivity index (χ2v) is 5.71. The fourth-order valence-electron chi connectivity index (χ4n) is 2.08. The van der Waals surface area contributed by atoms with Crippen molar-refractivity contribution >= 4 is 17.2 Å². The Morgan fingerprint density at radius 3 is 3.00 bits per heavy atom. The van der Waals surface area contributed by atoms with Gasteiger partial charge in [-0.25, -0.2) is 4.98 Å². The largest absolute Gasteiger partial charge is 0.441 e. The monoisotopic (exact) mass is 316 g/mol. The Balaban J connectivity index is 1.63. The summed E-state index contributed by atoms with van der Waals surface area (Å²) >= 11 is 1.58. The molecule has 0 unspecified atom stereocenters. The maximum atomic E-state index is 12.0. The van der Waals surface area contributed by atoms with Crippen molar-refractivity contribution in [1.29, 1.82) is 0 Å². The molecule has 7 heteroatoms. The van der Waals surface area contributed by atoms with Crippen LogP contribution in [0.4, 0.5) is 0 Å². The van der Waals surface area contributed by atoms with Crippen molar-refractivity contribution in [3.8, 4) is 11.5 Å². The summed E-state index contributed by atoms with van der Waals surface area (Å²) in [5, 5.41) is 10.9. The van der Waals surface area contributed by atoms with E-state index in [1.165, 1.54) is 0 Å². The summed E-state index contributed by atoms with van der Waals surface area (Å²) in [4.78, 5) is 16.5. The van der Waals surface area contributed by atoms with E-state index in [0.717, 1.165) is 11.3 Å². The van der Waals surface area contributed by atoms with Gasteiger partial charge in [-0.05, 0) is 24.4 Å². The van der Waals surface area contributed by atoms with Gasteiger partial charge >= 0.3 is 0 Å². The van der Waals surface area contributed by atoms with Crippen LogP contribution in [-0.2, 0) is 24.8 Å². The molecule has 0 aliphatic rings. The Hall–Kier alpha value is -2.41. The van der Waals surface area contributed by atoms with Gasteiger partial charge in [0, 0.05) is 24.2 Å². The molecule has 1 amide bonds. The van der Waals surface area contributed by atoms with Crippen LogP contribution >= 0.6 is 11.3 Å². The lowest BCUT2D eigenvalue weighted by molar-refractivity contribution is -0.120. The van der Waals surface area contributed by atoms with Crippen LogP contribution in [0.5, 0.6) is 0 Å². The van der Waals surface area contributed by atoms with Crippen molar-refractivity contribution in [1.82, 2.24) is 20.1 Å². The number of carbonyl (C=O) groups excluding carboxylic acids is 1. The number of amides is 1. The van der Waals surface area contributed by atoms with Gasteiger partial charge in [-0.2, -0.15) is 16.4 Å². The SMILES string of the molecule is Cc1oc(-c2ccsc2)nc1CC(=O)NCc1ccnn1C. The first-order valence-electron chi connectivity index (χ1n) is 6.86. The summed E-state index contributed by atoms with van der Waals surface area (Å²) in [6.45, 7) is 2.27. The number of nitrogens with one attached hydrogen (secondary N) is 1. The van der Waals surface area contributed by atoms with Crippen molar-refractivity contribution in [2.45, 2.75) is 19.9 Å². The number of thiophene rings is 1. The Labute approximate surface area is 131 Å². The topological polar surface area (TPSA) is 73.0 Å². The molecule has 3 aromatic heterocycles. The van der Waals surface area contributed by atoms with E-state index in [1.807, 2.05) is 36.9 Å². The first kappa shape index (κ1) is 14.5. The van der Waals surface area contributed by atoms with Crippen LogP contribution in [-0.4, -0.2) is 20.7 Å². The van der Waals surface area contributed by atoms with E-state index < -0.39 is 0 Å². The molecule has 1 N–H and O–H groups in total. The van der Waals surface area contributed by atoms with E-state index in [1.54, 1.807) is 22.2 Å². The number of carbonyl (C=O) groups is 1.